The van der Waals surface area contributed by atoms with Gasteiger partial charge in [0.25, 0.3) is 0 Å². The lowest BCUT2D eigenvalue weighted by Gasteiger charge is -2.45. The molecule has 2 rings (SSSR count). The van der Waals surface area contributed by atoms with Crippen LogP contribution in [0.5, 0.6) is 0 Å². The molecule has 0 bridgehead atoms. The van der Waals surface area contributed by atoms with E-state index in [1.807, 2.05) is 5.51 Å². The number of piperazine rings is 1. The first-order valence-corrected chi connectivity index (χ1v) is 7.47. The molecule has 2 unspecified atom stereocenters. The lowest BCUT2D eigenvalue weighted by Crippen LogP contribution is -2.62. The van der Waals surface area contributed by atoms with Crippen LogP contribution in [0.15, 0.2) is 10.9 Å². The summed E-state index contributed by atoms with van der Waals surface area (Å²) in [6.07, 6.45) is 2.38. The fourth-order valence-corrected chi connectivity index (χ4v) is 3.02. The second-order valence-corrected chi connectivity index (χ2v) is 5.96. The third kappa shape index (κ3) is 3.06. The Labute approximate surface area is 108 Å². The molecule has 0 aliphatic carbocycles. The number of nitrogens with one attached hydrogen (secondary N) is 1. The Morgan fingerprint density at radius 3 is 3.00 bits per heavy atom. The minimum absolute atomic E-state index is 0.266. The maximum absolute atomic E-state index is 4.41. The van der Waals surface area contributed by atoms with Crippen LogP contribution in [-0.2, 0) is 6.54 Å². The molecule has 1 aromatic heterocycles. The fourth-order valence-electron chi connectivity index (χ4n) is 2.47. The second-order valence-electron chi connectivity index (χ2n) is 5.24. The van der Waals surface area contributed by atoms with Crippen molar-refractivity contribution in [2.24, 2.45) is 0 Å². The van der Waals surface area contributed by atoms with Crippen LogP contribution < -0.4 is 5.32 Å². The van der Waals surface area contributed by atoms with Gasteiger partial charge < -0.3 is 5.32 Å². The summed E-state index contributed by atoms with van der Waals surface area (Å²) in [7, 11) is 0. The lowest BCUT2D eigenvalue weighted by atomic mass is 9.92. The Balaban J connectivity index is 2.05. The molecule has 0 saturated carbocycles. The first kappa shape index (κ1) is 13.0. The summed E-state index contributed by atoms with van der Waals surface area (Å²) >= 11 is 1.69. The monoisotopic (exact) mass is 253 g/mol. The van der Waals surface area contributed by atoms with Crippen molar-refractivity contribution in [3.8, 4) is 0 Å². The number of aromatic nitrogens is 1. The highest BCUT2D eigenvalue weighted by Gasteiger charge is 2.33. The van der Waals surface area contributed by atoms with Crippen molar-refractivity contribution >= 4 is 11.3 Å². The van der Waals surface area contributed by atoms with Crippen molar-refractivity contribution in [1.29, 1.82) is 0 Å². The summed E-state index contributed by atoms with van der Waals surface area (Å²) in [5.41, 5.74) is 3.41. The first-order valence-electron chi connectivity index (χ1n) is 6.53. The number of nitrogens with zero attached hydrogens (tertiary/aromatic N) is 2. The topological polar surface area (TPSA) is 28.2 Å². The SMILES string of the molecule is CCC1CNC(C)(CC)CN1Cc1cscn1. The molecule has 1 N–H and O–H groups in total. The molecule has 0 radical (unpaired) electrons. The van der Waals surface area contributed by atoms with Crippen LogP contribution in [0.4, 0.5) is 0 Å². The van der Waals surface area contributed by atoms with E-state index in [0.717, 1.165) is 19.6 Å². The molecule has 96 valence electrons. The van der Waals surface area contributed by atoms with Gasteiger partial charge in [0.1, 0.15) is 0 Å². The summed E-state index contributed by atoms with van der Waals surface area (Å²) in [4.78, 5) is 7.00. The third-order valence-corrected chi connectivity index (χ3v) is 4.57. The van der Waals surface area contributed by atoms with Crippen molar-refractivity contribution in [2.45, 2.75) is 51.7 Å². The second kappa shape index (κ2) is 5.46. The van der Waals surface area contributed by atoms with Crippen LogP contribution in [-0.4, -0.2) is 34.6 Å². The molecular formula is C13H23N3S. The van der Waals surface area contributed by atoms with Crippen LogP contribution in [0.1, 0.15) is 39.3 Å². The molecule has 3 nitrogen and oxygen atoms in total. The average molecular weight is 253 g/mol. The van der Waals surface area contributed by atoms with E-state index in [1.54, 1.807) is 11.3 Å². The summed E-state index contributed by atoms with van der Waals surface area (Å²) in [6, 6.07) is 0.649. The summed E-state index contributed by atoms with van der Waals surface area (Å²) < 4.78 is 0. The molecule has 2 atom stereocenters. The van der Waals surface area contributed by atoms with Crippen LogP contribution in [0.3, 0.4) is 0 Å². The van der Waals surface area contributed by atoms with Crippen molar-refractivity contribution in [3.63, 3.8) is 0 Å². The van der Waals surface area contributed by atoms with Crippen molar-refractivity contribution in [2.75, 3.05) is 13.1 Å². The van der Waals surface area contributed by atoms with Gasteiger partial charge in [0.2, 0.25) is 0 Å². The van der Waals surface area contributed by atoms with E-state index in [0.29, 0.717) is 6.04 Å². The van der Waals surface area contributed by atoms with Crippen molar-refractivity contribution < 1.29 is 0 Å². The zero-order chi connectivity index (χ0) is 12.3. The summed E-state index contributed by atoms with van der Waals surface area (Å²) in [6.45, 7) is 10.1. The quantitative estimate of drug-likeness (QED) is 0.893. The first-order chi connectivity index (χ1) is 8.17. The van der Waals surface area contributed by atoms with E-state index in [2.05, 4.69) is 41.4 Å². The molecule has 1 aliphatic rings. The molecule has 0 aromatic carbocycles. The molecule has 1 fully saturated rings. The molecule has 2 heterocycles. The van der Waals surface area contributed by atoms with Gasteiger partial charge in [-0.25, -0.2) is 4.98 Å². The van der Waals surface area contributed by atoms with Crippen molar-refractivity contribution in [3.05, 3.63) is 16.6 Å². The van der Waals surface area contributed by atoms with Crippen LogP contribution >= 0.6 is 11.3 Å². The number of hydrogen-bond donors (Lipinski definition) is 1. The molecule has 1 aliphatic heterocycles. The number of hydrogen-bond acceptors (Lipinski definition) is 4. The number of thiazole rings is 1. The molecule has 0 spiro atoms. The van der Waals surface area contributed by atoms with Gasteiger partial charge in [0.05, 0.1) is 11.2 Å². The highest BCUT2D eigenvalue weighted by molar-refractivity contribution is 7.07. The van der Waals surface area contributed by atoms with Crippen LogP contribution in [0, 0.1) is 0 Å². The molecule has 0 amide bonds. The smallest absolute Gasteiger partial charge is 0.0795 e. The van der Waals surface area contributed by atoms with E-state index in [-0.39, 0.29) is 5.54 Å². The van der Waals surface area contributed by atoms with E-state index < -0.39 is 0 Å². The predicted octanol–water partition coefficient (Wildman–Crippen LogP) is 2.50. The fraction of sp³-hybridized carbons (Fsp3) is 0.769. The van der Waals surface area contributed by atoms with Gasteiger partial charge in [-0.15, -0.1) is 11.3 Å². The zero-order valence-corrected chi connectivity index (χ0v) is 11.9. The van der Waals surface area contributed by atoms with Crippen LogP contribution in [0.2, 0.25) is 0 Å². The lowest BCUT2D eigenvalue weighted by molar-refractivity contribution is 0.0746. The zero-order valence-electron chi connectivity index (χ0n) is 11.1. The third-order valence-electron chi connectivity index (χ3n) is 3.93. The normalized spacial score (nSPS) is 30.6. The highest BCUT2D eigenvalue weighted by Crippen LogP contribution is 2.22. The Morgan fingerprint density at radius 1 is 1.59 bits per heavy atom. The molecule has 4 heteroatoms. The number of rotatable bonds is 4. The van der Waals surface area contributed by atoms with Gasteiger partial charge >= 0.3 is 0 Å². The molecule has 1 aromatic rings. The van der Waals surface area contributed by atoms with Gasteiger partial charge in [0.15, 0.2) is 0 Å². The Bertz CT molecular complexity index is 338. The molecule has 1 saturated heterocycles. The standard InChI is InChI=1S/C13H23N3S/c1-4-12-6-15-13(3,5-2)9-16(12)7-11-8-17-10-14-11/h8,10,12,15H,4-7,9H2,1-3H3. The summed E-state index contributed by atoms with van der Waals surface area (Å²) in [5, 5.41) is 5.86. The van der Waals surface area contributed by atoms with Crippen LogP contribution in [0.25, 0.3) is 0 Å². The van der Waals surface area contributed by atoms with E-state index >= 15 is 0 Å². The predicted molar refractivity (Wildman–Crippen MR) is 73.3 cm³/mol. The van der Waals surface area contributed by atoms with Crippen molar-refractivity contribution in [1.82, 2.24) is 15.2 Å². The van der Waals surface area contributed by atoms with Gasteiger partial charge in [0, 0.05) is 36.6 Å². The maximum Gasteiger partial charge on any atom is 0.0795 e. The van der Waals surface area contributed by atoms with Gasteiger partial charge in [-0.1, -0.05) is 13.8 Å². The molecular weight excluding hydrogens is 230 g/mol. The summed E-state index contributed by atoms with van der Waals surface area (Å²) in [5.74, 6) is 0. The van der Waals surface area contributed by atoms with Gasteiger partial charge in [-0.3, -0.25) is 4.90 Å². The maximum atomic E-state index is 4.41. The van der Waals surface area contributed by atoms with Gasteiger partial charge in [-0.2, -0.15) is 0 Å². The Hall–Kier alpha value is -0.450. The Morgan fingerprint density at radius 2 is 2.41 bits per heavy atom. The largest absolute Gasteiger partial charge is 0.309 e. The van der Waals surface area contributed by atoms with E-state index in [9.17, 15) is 0 Å². The van der Waals surface area contributed by atoms with E-state index in [4.69, 9.17) is 0 Å². The van der Waals surface area contributed by atoms with Gasteiger partial charge in [-0.05, 0) is 19.8 Å². The Kier molecular flexibility index (Phi) is 4.17. The highest BCUT2D eigenvalue weighted by atomic mass is 32.1. The van der Waals surface area contributed by atoms with E-state index in [1.165, 1.54) is 18.5 Å². The minimum atomic E-state index is 0.266. The minimum Gasteiger partial charge on any atom is -0.309 e. The average Bonchev–Trinajstić information content (AvgIpc) is 2.82. The molecule has 17 heavy (non-hydrogen) atoms.